The summed E-state index contributed by atoms with van der Waals surface area (Å²) in [5, 5.41) is 7.41. The van der Waals surface area contributed by atoms with Gasteiger partial charge in [-0.2, -0.15) is 5.10 Å². The number of hydrogen-bond donors (Lipinski definition) is 1. The molecule has 0 amide bonds. The van der Waals surface area contributed by atoms with Crippen molar-refractivity contribution in [2.24, 2.45) is 0 Å². The molecule has 5 nitrogen and oxygen atoms in total. The van der Waals surface area contributed by atoms with Crippen molar-refractivity contribution in [3.8, 4) is 11.5 Å². The number of aryl methyl sites for hydroxylation is 1. The van der Waals surface area contributed by atoms with Crippen LogP contribution in [-0.4, -0.2) is 26.8 Å². The average Bonchev–Trinajstić information content (AvgIpc) is 2.86. The minimum Gasteiger partial charge on any atom is -0.372 e. The van der Waals surface area contributed by atoms with Crippen molar-refractivity contribution in [2.75, 3.05) is 12.4 Å². The van der Waals surface area contributed by atoms with Crippen molar-refractivity contribution in [3.05, 3.63) is 22.4 Å². The fourth-order valence-corrected chi connectivity index (χ4v) is 2.97. The smallest absolute Gasteiger partial charge is 0.180 e. The van der Waals surface area contributed by atoms with E-state index in [-0.39, 0.29) is 5.41 Å². The first-order chi connectivity index (χ1) is 9.38. The standard InChI is InChI=1S/C14H20BrN5/c1-6-20-9(7-8-17-20)12-18-11(14(2,3)4)10(15)13(16-5)19-12/h7-8H,6H2,1-5H3,(H,16,18,19). The lowest BCUT2D eigenvalue weighted by atomic mass is 9.92. The number of aromatic nitrogens is 4. The van der Waals surface area contributed by atoms with E-state index in [0.29, 0.717) is 5.82 Å². The lowest BCUT2D eigenvalue weighted by Gasteiger charge is -2.21. The van der Waals surface area contributed by atoms with Gasteiger partial charge in [-0.05, 0) is 28.9 Å². The molecule has 1 N–H and O–H groups in total. The van der Waals surface area contributed by atoms with Crippen LogP contribution in [0, 0.1) is 0 Å². The second kappa shape index (κ2) is 5.52. The van der Waals surface area contributed by atoms with Gasteiger partial charge in [-0.3, -0.25) is 4.68 Å². The lowest BCUT2D eigenvalue weighted by molar-refractivity contribution is 0.563. The Morgan fingerprint density at radius 2 is 2.00 bits per heavy atom. The Kier molecular flexibility index (Phi) is 4.13. The molecule has 2 heterocycles. The maximum atomic E-state index is 4.74. The first-order valence-corrected chi connectivity index (χ1v) is 7.45. The van der Waals surface area contributed by atoms with Crippen molar-refractivity contribution in [3.63, 3.8) is 0 Å². The Morgan fingerprint density at radius 3 is 2.55 bits per heavy atom. The number of nitrogens with zero attached hydrogens (tertiary/aromatic N) is 4. The van der Waals surface area contributed by atoms with Gasteiger partial charge in [0, 0.05) is 25.2 Å². The molecule has 0 saturated heterocycles. The molecule has 0 aromatic carbocycles. The first-order valence-electron chi connectivity index (χ1n) is 6.66. The third-order valence-corrected chi connectivity index (χ3v) is 3.79. The molecule has 0 aliphatic carbocycles. The molecule has 108 valence electrons. The van der Waals surface area contributed by atoms with Crippen LogP contribution in [-0.2, 0) is 12.0 Å². The number of nitrogens with one attached hydrogen (secondary N) is 1. The van der Waals surface area contributed by atoms with Crippen molar-refractivity contribution >= 4 is 21.7 Å². The van der Waals surface area contributed by atoms with E-state index in [1.54, 1.807) is 6.20 Å². The molecule has 0 aliphatic rings. The molecule has 0 bridgehead atoms. The Morgan fingerprint density at radius 1 is 1.30 bits per heavy atom. The van der Waals surface area contributed by atoms with E-state index in [1.807, 2.05) is 17.8 Å². The Bertz CT molecular complexity index is 613. The highest BCUT2D eigenvalue weighted by atomic mass is 79.9. The summed E-state index contributed by atoms with van der Waals surface area (Å²) in [4.78, 5) is 9.33. The molecule has 0 fully saturated rings. The van der Waals surface area contributed by atoms with E-state index < -0.39 is 0 Å². The molecule has 2 aromatic heterocycles. The predicted molar refractivity (Wildman–Crippen MR) is 84.9 cm³/mol. The van der Waals surface area contributed by atoms with E-state index in [9.17, 15) is 0 Å². The van der Waals surface area contributed by atoms with Crippen LogP contribution in [0.2, 0.25) is 0 Å². The minimum atomic E-state index is -0.0702. The van der Waals surface area contributed by atoms with Gasteiger partial charge in [0.1, 0.15) is 11.5 Å². The van der Waals surface area contributed by atoms with Gasteiger partial charge >= 0.3 is 0 Å². The molecule has 2 rings (SSSR count). The summed E-state index contributed by atoms with van der Waals surface area (Å²) in [6, 6.07) is 1.94. The van der Waals surface area contributed by atoms with Crippen molar-refractivity contribution in [2.45, 2.75) is 39.7 Å². The van der Waals surface area contributed by atoms with Crippen molar-refractivity contribution in [1.82, 2.24) is 19.7 Å². The summed E-state index contributed by atoms with van der Waals surface area (Å²) in [5.74, 6) is 1.49. The molecule has 20 heavy (non-hydrogen) atoms. The number of anilines is 1. The van der Waals surface area contributed by atoms with Crippen LogP contribution in [0.4, 0.5) is 5.82 Å². The lowest BCUT2D eigenvalue weighted by Crippen LogP contribution is -2.17. The zero-order valence-electron chi connectivity index (χ0n) is 12.5. The quantitative estimate of drug-likeness (QED) is 0.931. The molecule has 2 aromatic rings. The Balaban J connectivity index is 2.66. The summed E-state index contributed by atoms with van der Waals surface area (Å²) >= 11 is 3.60. The fraction of sp³-hybridized carbons (Fsp3) is 0.500. The summed E-state index contributed by atoms with van der Waals surface area (Å²) < 4.78 is 2.81. The van der Waals surface area contributed by atoms with Gasteiger partial charge in [0.25, 0.3) is 0 Å². The first kappa shape index (κ1) is 15.0. The molecule has 0 aliphatic heterocycles. The van der Waals surface area contributed by atoms with E-state index in [0.717, 1.165) is 28.2 Å². The van der Waals surface area contributed by atoms with Crippen LogP contribution < -0.4 is 5.32 Å². The molecular formula is C14H20BrN5. The molecule has 0 radical (unpaired) electrons. The van der Waals surface area contributed by atoms with Crippen LogP contribution in [0.15, 0.2) is 16.7 Å². The number of rotatable bonds is 3. The van der Waals surface area contributed by atoms with E-state index in [2.05, 4.69) is 59.0 Å². The molecule has 0 atom stereocenters. The highest BCUT2D eigenvalue weighted by Gasteiger charge is 2.24. The summed E-state index contributed by atoms with van der Waals surface area (Å²) in [5.41, 5.74) is 1.84. The van der Waals surface area contributed by atoms with Gasteiger partial charge in [0.2, 0.25) is 0 Å². The predicted octanol–water partition coefficient (Wildman–Crippen LogP) is 3.46. The van der Waals surface area contributed by atoms with E-state index in [4.69, 9.17) is 4.98 Å². The van der Waals surface area contributed by atoms with Crippen LogP contribution in [0.25, 0.3) is 11.5 Å². The average molecular weight is 338 g/mol. The summed E-state index contributed by atoms with van der Waals surface area (Å²) in [7, 11) is 1.86. The topological polar surface area (TPSA) is 55.6 Å². The maximum Gasteiger partial charge on any atom is 0.180 e. The van der Waals surface area contributed by atoms with Crippen LogP contribution in [0.1, 0.15) is 33.4 Å². The summed E-state index contributed by atoms with van der Waals surface area (Å²) in [6.45, 7) is 9.27. The maximum absolute atomic E-state index is 4.74. The molecule has 6 heteroatoms. The Labute approximate surface area is 128 Å². The zero-order valence-corrected chi connectivity index (χ0v) is 14.1. The Hall–Kier alpha value is -1.43. The van der Waals surface area contributed by atoms with Gasteiger partial charge in [0.15, 0.2) is 5.82 Å². The van der Waals surface area contributed by atoms with Crippen molar-refractivity contribution in [1.29, 1.82) is 0 Å². The van der Waals surface area contributed by atoms with Crippen LogP contribution >= 0.6 is 15.9 Å². The summed E-state index contributed by atoms with van der Waals surface area (Å²) in [6.07, 6.45) is 1.78. The fourth-order valence-electron chi connectivity index (χ4n) is 2.00. The van der Waals surface area contributed by atoms with E-state index in [1.165, 1.54) is 0 Å². The highest BCUT2D eigenvalue weighted by Crippen LogP contribution is 2.34. The largest absolute Gasteiger partial charge is 0.372 e. The number of halogens is 1. The van der Waals surface area contributed by atoms with Crippen LogP contribution in [0.3, 0.4) is 0 Å². The van der Waals surface area contributed by atoms with Gasteiger partial charge in [0.05, 0.1) is 10.2 Å². The normalized spacial score (nSPS) is 11.7. The third-order valence-electron chi connectivity index (χ3n) is 3.04. The highest BCUT2D eigenvalue weighted by molar-refractivity contribution is 9.10. The van der Waals surface area contributed by atoms with Gasteiger partial charge in [-0.1, -0.05) is 20.8 Å². The zero-order chi connectivity index (χ0) is 14.9. The molecule has 0 spiro atoms. The number of hydrogen-bond acceptors (Lipinski definition) is 4. The second-order valence-electron chi connectivity index (χ2n) is 5.59. The van der Waals surface area contributed by atoms with E-state index >= 15 is 0 Å². The van der Waals surface area contributed by atoms with Gasteiger partial charge < -0.3 is 5.32 Å². The van der Waals surface area contributed by atoms with Crippen LogP contribution in [0.5, 0.6) is 0 Å². The molecular weight excluding hydrogens is 318 g/mol. The third kappa shape index (κ3) is 2.70. The van der Waals surface area contributed by atoms with Gasteiger partial charge in [-0.15, -0.1) is 0 Å². The van der Waals surface area contributed by atoms with Gasteiger partial charge in [-0.25, -0.2) is 9.97 Å². The molecule has 0 saturated carbocycles. The molecule has 0 unspecified atom stereocenters. The van der Waals surface area contributed by atoms with Crippen molar-refractivity contribution < 1.29 is 0 Å². The SMILES string of the molecule is CCn1nccc1-c1nc(NC)c(Br)c(C(C)(C)C)n1. The monoisotopic (exact) mass is 337 g/mol. The minimum absolute atomic E-state index is 0.0702. The second-order valence-corrected chi connectivity index (χ2v) is 6.38.